The summed E-state index contributed by atoms with van der Waals surface area (Å²) in [5.41, 5.74) is -0.0431. The molecule has 1 amide bonds. The van der Waals surface area contributed by atoms with Crippen molar-refractivity contribution in [1.82, 2.24) is 9.80 Å². The predicted molar refractivity (Wildman–Crippen MR) is 69.1 cm³/mol. The lowest BCUT2D eigenvalue weighted by atomic mass is 10.2. The second kappa shape index (κ2) is 6.24. The molecule has 0 saturated heterocycles. The minimum atomic E-state index is -0.626. The van der Waals surface area contributed by atoms with Crippen LogP contribution in [0.25, 0.3) is 0 Å². The molecule has 0 aliphatic carbocycles. The summed E-state index contributed by atoms with van der Waals surface area (Å²) in [6.07, 6.45) is 0. The van der Waals surface area contributed by atoms with Crippen LogP contribution in [0.4, 0.5) is 8.78 Å². The fourth-order valence-corrected chi connectivity index (χ4v) is 1.78. The smallest absolute Gasteiger partial charge is 0.236 e. The molecule has 18 heavy (non-hydrogen) atoms. The molecule has 1 aromatic carbocycles. The van der Waals surface area contributed by atoms with Gasteiger partial charge in [0, 0.05) is 26.2 Å². The zero-order valence-corrected chi connectivity index (χ0v) is 12.1. The van der Waals surface area contributed by atoms with Gasteiger partial charge in [-0.05, 0) is 35.1 Å². The van der Waals surface area contributed by atoms with Crippen LogP contribution in [0.15, 0.2) is 16.6 Å². The summed E-state index contributed by atoms with van der Waals surface area (Å²) in [5, 5.41) is 0. The van der Waals surface area contributed by atoms with Crippen LogP contribution in [-0.4, -0.2) is 43.4 Å². The molecule has 6 heteroatoms. The first-order valence-electron chi connectivity index (χ1n) is 5.34. The Labute approximate surface area is 114 Å². The number of carbonyl (C=O) groups is 1. The minimum Gasteiger partial charge on any atom is -0.348 e. The van der Waals surface area contributed by atoms with Crippen LogP contribution in [0.3, 0.4) is 0 Å². The quantitative estimate of drug-likeness (QED) is 0.794. The van der Waals surface area contributed by atoms with Gasteiger partial charge in [-0.3, -0.25) is 9.69 Å². The lowest BCUT2D eigenvalue weighted by molar-refractivity contribution is -0.129. The average Bonchev–Trinajstić information content (AvgIpc) is 2.29. The number of benzene rings is 1. The summed E-state index contributed by atoms with van der Waals surface area (Å²) in [4.78, 5) is 14.5. The normalized spacial score (nSPS) is 10.8. The number of rotatable bonds is 4. The third kappa shape index (κ3) is 3.74. The molecule has 0 fully saturated rings. The van der Waals surface area contributed by atoms with Gasteiger partial charge in [-0.15, -0.1) is 0 Å². The van der Waals surface area contributed by atoms with Crippen molar-refractivity contribution in [2.75, 3.05) is 27.7 Å². The highest BCUT2D eigenvalue weighted by Crippen LogP contribution is 2.22. The summed E-state index contributed by atoms with van der Waals surface area (Å²) in [6.45, 7) is 0.148. The van der Waals surface area contributed by atoms with Crippen LogP contribution < -0.4 is 0 Å². The SMILES string of the molecule is CN(CC(=O)N(C)C)Cc1c(F)ccc(Br)c1F. The summed E-state index contributed by atoms with van der Waals surface area (Å²) in [5.74, 6) is -1.35. The van der Waals surface area contributed by atoms with E-state index in [9.17, 15) is 13.6 Å². The molecule has 100 valence electrons. The maximum absolute atomic E-state index is 13.7. The molecule has 0 aliphatic rings. The molecule has 0 aliphatic heterocycles. The Bertz CT molecular complexity index is 452. The van der Waals surface area contributed by atoms with E-state index in [0.29, 0.717) is 0 Å². The summed E-state index contributed by atoms with van der Waals surface area (Å²) in [7, 11) is 4.91. The highest BCUT2D eigenvalue weighted by Gasteiger charge is 2.16. The molecule has 0 aromatic heterocycles. The standard InChI is InChI=1S/C12H15BrF2N2O/c1-16(2)11(18)7-17(3)6-8-10(14)5-4-9(13)12(8)15/h4-5H,6-7H2,1-3H3. The number of likely N-dealkylation sites (N-methyl/N-ethyl adjacent to an activating group) is 2. The molecule has 3 nitrogen and oxygen atoms in total. The fourth-order valence-electron chi connectivity index (χ4n) is 1.41. The van der Waals surface area contributed by atoms with Crippen LogP contribution in [0.1, 0.15) is 5.56 Å². The van der Waals surface area contributed by atoms with Crippen molar-refractivity contribution in [1.29, 1.82) is 0 Å². The average molecular weight is 321 g/mol. The first kappa shape index (κ1) is 15.0. The molecule has 0 saturated carbocycles. The van der Waals surface area contributed by atoms with E-state index < -0.39 is 11.6 Å². The number of nitrogens with zero attached hydrogens (tertiary/aromatic N) is 2. The molecule has 1 aromatic rings. The Balaban J connectivity index is 2.79. The van der Waals surface area contributed by atoms with Crippen molar-refractivity contribution in [3.63, 3.8) is 0 Å². The van der Waals surface area contributed by atoms with Gasteiger partial charge in [-0.2, -0.15) is 0 Å². The maximum Gasteiger partial charge on any atom is 0.236 e. The second-order valence-corrected chi connectivity index (χ2v) is 5.14. The van der Waals surface area contributed by atoms with Crippen molar-refractivity contribution < 1.29 is 13.6 Å². The molecular formula is C12H15BrF2N2O. The summed E-state index contributed by atoms with van der Waals surface area (Å²) >= 11 is 3.01. The van der Waals surface area contributed by atoms with Crippen molar-refractivity contribution in [3.8, 4) is 0 Å². The van der Waals surface area contributed by atoms with Crippen molar-refractivity contribution in [3.05, 3.63) is 33.8 Å². The van der Waals surface area contributed by atoms with Crippen LogP contribution >= 0.6 is 15.9 Å². The largest absolute Gasteiger partial charge is 0.348 e. The van der Waals surface area contributed by atoms with E-state index in [1.807, 2.05) is 0 Å². The Morgan fingerprint density at radius 3 is 2.44 bits per heavy atom. The van der Waals surface area contributed by atoms with E-state index in [1.165, 1.54) is 17.0 Å². The lowest BCUT2D eigenvalue weighted by Gasteiger charge is -2.19. The number of hydrogen-bond donors (Lipinski definition) is 0. The zero-order valence-electron chi connectivity index (χ0n) is 10.5. The molecule has 0 spiro atoms. The number of halogens is 3. The topological polar surface area (TPSA) is 23.6 Å². The molecule has 0 unspecified atom stereocenters. The zero-order chi connectivity index (χ0) is 13.9. The third-order valence-corrected chi connectivity index (χ3v) is 3.08. The highest BCUT2D eigenvalue weighted by atomic mass is 79.9. The highest BCUT2D eigenvalue weighted by molar-refractivity contribution is 9.10. The lowest BCUT2D eigenvalue weighted by Crippen LogP contribution is -2.34. The van der Waals surface area contributed by atoms with E-state index in [4.69, 9.17) is 0 Å². The van der Waals surface area contributed by atoms with Gasteiger partial charge in [0.1, 0.15) is 11.6 Å². The van der Waals surface area contributed by atoms with E-state index in [-0.39, 0.29) is 29.0 Å². The summed E-state index contributed by atoms with van der Waals surface area (Å²) in [6, 6.07) is 2.52. The molecule has 0 heterocycles. The fraction of sp³-hybridized carbons (Fsp3) is 0.417. The molecule has 0 bridgehead atoms. The van der Waals surface area contributed by atoms with Gasteiger partial charge in [-0.1, -0.05) is 0 Å². The molecule has 1 rings (SSSR count). The number of amides is 1. The van der Waals surface area contributed by atoms with Gasteiger partial charge in [0.05, 0.1) is 11.0 Å². The van der Waals surface area contributed by atoms with Crippen molar-refractivity contribution >= 4 is 21.8 Å². The van der Waals surface area contributed by atoms with Crippen LogP contribution in [0.5, 0.6) is 0 Å². The predicted octanol–water partition coefficient (Wildman–Crippen LogP) is 2.25. The van der Waals surface area contributed by atoms with Gasteiger partial charge in [0.25, 0.3) is 0 Å². The monoisotopic (exact) mass is 320 g/mol. The van der Waals surface area contributed by atoms with E-state index in [1.54, 1.807) is 26.0 Å². The van der Waals surface area contributed by atoms with Crippen LogP contribution in [-0.2, 0) is 11.3 Å². The Morgan fingerprint density at radius 2 is 1.89 bits per heavy atom. The Kier molecular flexibility index (Phi) is 5.22. The van der Waals surface area contributed by atoms with Gasteiger partial charge < -0.3 is 4.90 Å². The summed E-state index contributed by atoms with van der Waals surface area (Å²) < 4.78 is 27.4. The number of carbonyl (C=O) groups excluding carboxylic acids is 1. The first-order chi connectivity index (χ1) is 8.32. The van der Waals surface area contributed by atoms with Gasteiger partial charge >= 0.3 is 0 Å². The van der Waals surface area contributed by atoms with Crippen LogP contribution in [0.2, 0.25) is 0 Å². The molecular weight excluding hydrogens is 306 g/mol. The first-order valence-corrected chi connectivity index (χ1v) is 6.13. The van der Waals surface area contributed by atoms with E-state index in [2.05, 4.69) is 15.9 Å². The minimum absolute atomic E-state index is 0.0384. The van der Waals surface area contributed by atoms with Gasteiger partial charge in [0.15, 0.2) is 0 Å². The van der Waals surface area contributed by atoms with Crippen LogP contribution in [0, 0.1) is 11.6 Å². The number of hydrogen-bond acceptors (Lipinski definition) is 2. The van der Waals surface area contributed by atoms with Gasteiger partial charge in [-0.25, -0.2) is 8.78 Å². The Hall–Kier alpha value is -1.01. The van der Waals surface area contributed by atoms with E-state index >= 15 is 0 Å². The maximum atomic E-state index is 13.7. The second-order valence-electron chi connectivity index (χ2n) is 4.28. The third-order valence-electron chi connectivity index (χ3n) is 2.47. The van der Waals surface area contributed by atoms with Crippen molar-refractivity contribution in [2.45, 2.75) is 6.54 Å². The van der Waals surface area contributed by atoms with E-state index in [0.717, 1.165) is 0 Å². The molecule has 0 N–H and O–H groups in total. The van der Waals surface area contributed by atoms with Gasteiger partial charge in [0.2, 0.25) is 5.91 Å². The van der Waals surface area contributed by atoms with Crippen molar-refractivity contribution in [2.24, 2.45) is 0 Å². The Morgan fingerprint density at radius 1 is 1.28 bits per heavy atom. The molecule has 0 radical (unpaired) electrons. The molecule has 0 atom stereocenters.